The van der Waals surface area contributed by atoms with Gasteiger partial charge in [-0.05, 0) is 62.8 Å². The number of hydrogen-bond donors (Lipinski definition) is 1. The molecule has 0 aliphatic heterocycles. The summed E-state index contributed by atoms with van der Waals surface area (Å²) in [6, 6.07) is 29.0. The Kier molecular flexibility index (Phi) is 10.1. The summed E-state index contributed by atoms with van der Waals surface area (Å²) < 4.78 is 6.87. The number of unbranched alkanes of at least 4 members (excludes halogenated alkanes) is 1. The molecule has 0 fully saturated rings. The number of carbonyl (C=O) groups is 2. The smallest absolute Gasteiger partial charge is 0.261 e. The number of carbonyl (C=O) groups excluding carboxylic acids is 2. The molecule has 0 heterocycles. The molecule has 0 saturated carbocycles. The summed E-state index contributed by atoms with van der Waals surface area (Å²) in [5.41, 5.74) is 3.06. The summed E-state index contributed by atoms with van der Waals surface area (Å²) in [5, 5.41) is 5.15. The van der Waals surface area contributed by atoms with Gasteiger partial charge >= 0.3 is 0 Å². The number of rotatable bonds is 12. The van der Waals surface area contributed by atoms with Gasteiger partial charge in [-0.3, -0.25) is 9.59 Å². The number of hydrogen-bond acceptors (Lipinski definition) is 3. The van der Waals surface area contributed by atoms with Crippen LogP contribution in [0.5, 0.6) is 5.75 Å². The third kappa shape index (κ3) is 7.48. The van der Waals surface area contributed by atoms with Crippen molar-refractivity contribution in [2.24, 2.45) is 0 Å². The average molecular weight is 588 g/mol. The lowest BCUT2D eigenvalue weighted by Crippen LogP contribution is -2.52. The van der Waals surface area contributed by atoms with Gasteiger partial charge in [-0.25, -0.2) is 0 Å². The van der Waals surface area contributed by atoms with Gasteiger partial charge in [0.2, 0.25) is 5.91 Å². The SMILES string of the molecule is CCCCNC(=O)C(Cc1ccccc1)N(Cc1ccccc1C)C(=O)COc1ccc2ccccc2c1Br. The summed E-state index contributed by atoms with van der Waals surface area (Å²) in [7, 11) is 0. The number of amides is 2. The van der Waals surface area contributed by atoms with Gasteiger partial charge in [0.15, 0.2) is 6.61 Å². The van der Waals surface area contributed by atoms with Gasteiger partial charge in [-0.15, -0.1) is 0 Å². The predicted molar refractivity (Wildman–Crippen MR) is 161 cm³/mol. The molecule has 4 rings (SSSR count). The Morgan fingerprint density at radius 3 is 2.41 bits per heavy atom. The lowest BCUT2D eigenvalue weighted by molar-refractivity contribution is -0.142. The van der Waals surface area contributed by atoms with Gasteiger partial charge in [-0.1, -0.05) is 98.3 Å². The fourth-order valence-corrected chi connectivity index (χ4v) is 5.19. The van der Waals surface area contributed by atoms with E-state index in [-0.39, 0.29) is 18.4 Å². The number of aryl methyl sites for hydroxylation is 1. The van der Waals surface area contributed by atoms with Crippen molar-refractivity contribution in [2.75, 3.05) is 13.2 Å². The van der Waals surface area contributed by atoms with Crippen molar-refractivity contribution in [3.63, 3.8) is 0 Å². The topological polar surface area (TPSA) is 58.6 Å². The highest BCUT2D eigenvalue weighted by Crippen LogP contribution is 2.33. The molecule has 39 heavy (non-hydrogen) atoms. The molecule has 1 atom stereocenters. The molecule has 0 radical (unpaired) electrons. The zero-order valence-corrected chi connectivity index (χ0v) is 24.1. The van der Waals surface area contributed by atoms with Crippen LogP contribution in [0.4, 0.5) is 0 Å². The van der Waals surface area contributed by atoms with Gasteiger partial charge < -0.3 is 15.0 Å². The Morgan fingerprint density at radius 2 is 1.64 bits per heavy atom. The molecule has 0 saturated heterocycles. The van der Waals surface area contributed by atoms with Crippen molar-refractivity contribution in [3.8, 4) is 5.75 Å². The van der Waals surface area contributed by atoms with Crippen LogP contribution in [0.1, 0.15) is 36.5 Å². The van der Waals surface area contributed by atoms with E-state index >= 15 is 0 Å². The number of benzene rings is 4. The molecule has 202 valence electrons. The minimum absolute atomic E-state index is 0.152. The molecule has 1 N–H and O–H groups in total. The van der Waals surface area contributed by atoms with Crippen LogP contribution in [0.25, 0.3) is 10.8 Å². The van der Waals surface area contributed by atoms with Gasteiger partial charge in [0.05, 0.1) is 4.47 Å². The maximum absolute atomic E-state index is 13.9. The molecule has 0 bridgehead atoms. The zero-order valence-electron chi connectivity index (χ0n) is 22.5. The van der Waals surface area contributed by atoms with Crippen molar-refractivity contribution in [3.05, 3.63) is 112 Å². The molecule has 2 amide bonds. The van der Waals surface area contributed by atoms with E-state index in [2.05, 4.69) is 28.2 Å². The monoisotopic (exact) mass is 586 g/mol. The molecule has 6 heteroatoms. The van der Waals surface area contributed by atoms with Crippen molar-refractivity contribution in [1.82, 2.24) is 10.2 Å². The first-order chi connectivity index (χ1) is 19.0. The van der Waals surface area contributed by atoms with Crippen molar-refractivity contribution in [2.45, 2.75) is 45.7 Å². The van der Waals surface area contributed by atoms with Crippen LogP contribution in [0.2, 0.25) is 0 Å². The second kappa shape index (κ2) is 13.9. The van der Waals surface area contributed by atoms with Crippen LogP contribution >= 0.6 is 15.9 Å². The molecule has 0 aliphatic rings. The Bertz CT molecular complexity index is 1410. The second-order valence-corrected chi connectivity index (χ2v) is 10.5. The normalized spacial score (nSPS) is 11.7. The van der Waals surface area contributed by atoms with E-state index in [1.54, 1.807) is 4.90 Å². The van der Waals surface area contributed by atoms with E-state index < -0.39 is 6.04 Å². The molecule has 0 spiro atoms. The summed E-state index contributed by atoms with van der Waals surface area (Å²) >= 11 is 3.65. The number of nitrogens with zero attached hydrogens (tertiary/aromatic N) is 1. The average Bonchev–Trinajstić information content (AvgIpc) is 2.96. The highest BCUT2D eigenvalue weighted by atomic mass is 79.9. The maximum atomic E-state index is 13.9. The third-order valence-electron chi connectivity index (χ3n) is 6.88. The van der Waals surface area contributed by atoms with Gasteiger partial charge in [-0.2, -0.15) is 0 Å². The van der Waals surface area contributed by atoms with Crippen LogP contribution in [0.15, 0.2) is 95.5 Å². The minimum Gasteiger partial charge on any atom is -0.483 e. The van der Waals surface area contributed by atoms with E-state index in [0.29, 0.717) is 25.3 Å². The highest BCUT2D eigenvalue weighted by molar-refractivity contribution is 9.10. The summed E-state index contributed by atoms with van der Waals surface area (Å²) in [5.74, 6) is 0.191. The summed E-state index contributed by atoms with van der Waals surface area (Å²) in [6.45, 7) is 4.81. The van der Waals surface area contributed by atoms with E-state index in [1.165, 1.54) is 0 Å². The predicted octanol–water partition coefficient (Wildman–Crippen LogP) is 6.85. The Balaban J connectivity index is 1.63. The van der Waals surface area contributed by atoms with Gasteiger partial charge in [0.25, 0.3) is 5.91 Å². The van der Waals surface area contributed by atoms with Gasteiger partial charge in [0.1, 0.15) is 11.8 Å². The van der Waals surface area contributed by atoms with Crippen LogP contribution in [0, 0.1) is 6.92 Å². The Morgan fingerprint density at radius 1 is 0.923 bits per heavy atom. The molecular weight excluding hydrogens is 552 g/mol. The van der Waals surface area contributed by atoms with E-state index in [4.69, 9.17) is 4.74 Å². The largest absolute Gasteiger partial charge is 0.483 e. The number of fused-ring (bicyclic) bond motifs is 1. The quantitative estimate of drug-likeness (QED) is 0.185. The molecule has 0 aliphatic carbocycles. The zero-order chi connectivity index (χ0) is 27.6. The number of ether oxygens (including phenoxy) is 1. The summed E-state index contributed by atoms with van der Waals surface area (Å²) in [6.07, 6.45) is 2.27. The number of halogens is 1. The molecule has 0 aromatic heterocycles. The van der Waals surface area contributed by atoms with Crippen LogP contribution in [-0.2, 0) is 22.6 Å². The Labute approximate surface area is 239 Å². The van der Waals surface area contributed by atoms with Crippen LogP contribution in [0.3, 0.4) is 0 Å². The van der Waals surface area contributed by atoms with E-state index in [0.717, 1.165) is 44.8 Å². The first kappa shape index (κ1) is 28.4. The molecular formula is C33H35BrN2O3. The van der Waals surface area contributed by atoms with Crippen molar-refractivity contribution >= 4 is 38.5 Å². The summed E-state index contributed by atoms with van der Waals surface area (Å²) in [4.78, 5) is 29.1. The standard InChI is InChI=1S/C33H35BrN2O3/c1-3-4-20-35-33(38)29(21-25-13-6-5-7-14-25)36(22-27-16-9-8-12-24(27)2)31(37)23-39-30-19-18-26-15-10-11-17-28(26)32(30)34/h5-19,29H,3-4,20-23H2,1-2H3,(H,35,38). The lowest BCUT2D eigenvalue weighted by atomic mass is 10.0. The molecule has 1 unspecified atom stereocenters. The fourth-order valence-electron chi connectivity index (χ4n) is 4.58. The molecule has 4 aromatic rings. The number of nitrogens with one attached hydrogen (secondary N) is 1. The fraction of sp³-hybridized carbons (Fsp3) is 0.273. The van der Waals surface area contributed by atoms with Crippen molar-refractivity contribution in [1.29, 1.82) is 0 Å². The second-order valence-electron chi connectivity index (χ2n) is 9.69. The maximum Gasteiger partial charge on any atom is 0.261 e. The van der Waals surface area contributed by atoms with Crippen molar-refractivity contribution < 1.29 is 14.3 Å². The van der Waals surface area contributed by atoms with E-state index in [9.17, 15) is 9.59 Å². The van der Waals surface area contributed by atoms with Crippen LogP contribution < -0.4 is 10.1 Å². The Hall–Kier alpha value is -3.64. The van der Waals surface area contributed by atoms with Crippen LogP contribution in [-0.4, -0.2) is 35.9 Å². The molecule has 4 aromatic carbocycles. The van der Waals surface area contributed by atoms with E-state index in [1.807, 2.05) is 97.9 Å². The molecule has 5 nitrogen and oxygen atoms in total. The first-order valence-electron chi connectivity index (χ1n) is 13.4. The first-order valence-corrected chi connectivity index (χ1v) is 14.2. The minimum atomic E-state index is -0.681. The lowest BCUT2D eigenvalue weighted by Gasteiger charge is -2.32. The highest BCUT2D eigenvalue weighted by Gasteiger charge is 2.31. The van der Waals surface area contributed by atoms with Gasteiger partial charge in [0, 0.05) is 19.5 Å². The third-order valence-corrected chi connectivity index (χ3v) is 7.70.